The molecule has 78 valence electrons. The van der Waals surface area contributed by atoms with Crippen LogP contribution in [0, 0.1) is 0 Å². The quantitative estimate of drug-likeness (QED) is 0.651. The maximum absolute atomic E-state index is 5.53. The Morgan fingerprint density at radius 3 is 3.14 bits per heavy atom. The van der Waals surface area contributed by atoms with Crippen molar-refractivity contribution in [1.82, 2.24) is 15.2 Å². The average Bonchev–Trinajstić information content (AvgIpc) is 2.75. The topological polar surface area (TPSA) is 88.9 Å². The number of hydrogen-bond acceptors (Lipinski definition) is 5. The second-order valence-electron chi connectivity index (χ2n) is 3.53. The number of aromatic nitrogens is 3. The molecule has 1 aromatic heterocycles. The molecule has 2 rings (SSSR count). The molecule has 1 aliphatic heterocycles. The van der Waals surface area contributed by atoms with Crippen LogP contribution in [0.1, 0.15) is 19.8 Å². The third-order valence-corrected chi connectivity index (χ3v) is 2.38. The van der Waals surface area contributed by atoms with Crippen LogP contribution in [0.2, 0.25) is 0 Å². The third kappa shape index (κ3) is 1.95. The SMILES string of the molecule is CC(Nc1n[nH]c(N)n1)C1CCCO1. The molecule has 6 heteroatoms. The lowest BCUT2D eigenvalue weighted by Crippen LogP contribution is -2.30. The first kappa shape index (κ1) is 9.26. The number of aromatic amines is 1. The van der Waals surface area contributed by atoms with Crippen LogP contribution in [-0.4, -0.2) is 33.9 Å². The number of H-pyrrole nitrogens is 1. The molecule has 0 radical (unpaired) electrons. The third-order valence-electron chi connectivity index (χ3n) is 2.38. The van der Waals surface area contributed by atoms with Crippen LogP contribution < -0.4 is 11.1 Å². The summed E-state index contributed by atoms with van der Waals surface area (Å²) in [5.41, 5.74) is 5.41. The molecular formula is C8H15N5O. The van der Waals surface area contributed by atoms with Gasteiger partial charge in [0.05, 0.1) is 12.1 Å². The molecule has 14 heavy (non-hydrogen) atoms. The van der Waals surface area contributed by atoms with E-state index < -0.39 is 0 Å². The van der Waals surface area contributed by atoms with Gasteiger partial charge in [-0.25, -0.2) is 5.10 Å². The Balaban J connectivity index is 1.90. The van der Waals surface area contributed by atoms with Crippen LogP contribution in [0.4, 0.5) is 11.9 Å². The van der Waals surface area contributed by atoms with E-state index in [9.17, 15) is 0 Å². The molecule has 2 unspecified atom stereocenters. The zero-order valence-corrected chi connectivity index (χ0v) is 8.16. The highest BCUT2D eigenvalue weighted by molar-refractivity contribution is 5.31. The summed E-state index contributed by atoms with van der Waals surface area (Å²) in [5, 5.41) is 9.62. The van der Waals surface area contributed by atoms with Gasteiger partial charge in [0.2, 0.25) is 11.9 Å². The molecule has 1 aromatic rings. The van der Waals surface area contributed by atoms with E-state index in [4.69, 9.17) is 10.5 Å². The molecule has 0 aliphatic carbocycles. The minimum absolute atomic E-state index is 0.215. The van der Waals surface area contributed by atoms with E-state index in [1.165, 1.54) is 0 Å². The summed E-state index contributed by atoms with van der Waals surface area (Å²) in [6.07, 6.45) is 2.48. The second kappa shape index (κ2) is 3.83. The molecule has 0 bridgehead atoms. The fourth-order valence-electron chi connectivity index (χ4n) is 1.63. The van der Waals surface area contributed by atoms with Gasteiger partial charge in [0, 0.05) is 6.61 Å². The fraction of sp³-hybridized carbons (Fsp3) is 0.750. The first-order valence-electron chi connectivity index (χ1n) is 4.82. The molecule has 2 atom stereocenters. The lowest BCUT2D eigenvalue weighted by molar-refractivity contribution is 0.0994. The number of nitrogen functional groups attached to an aromatic ring is 1. The van der Waals surface area contributed by atoms with Gasteiger partial charge >= 0.3 is 0 Å². The van der Waals surface area contributed by atoms with Crippen molar-refractivity contribution in [2.75, 3.05) is 17.7 Å². The van der Waals surface area contributed by atoms with E-state index in [1.807, 2.05) is 0 Å². The van der Waals surface area contributed by atoms with Crippen LogP contribution in [0.3, 0.4) is 0 Å². The molecule has 0 spiro atoms. The number of nitrogens with two attached hydrogens (primary N) is 1. The van der Waals surface area contributed by atoms with Crippen molar-refractivity contribution in [1.29, 1.82) is 0 Å². The lowest BCUT2D eigenvalue weighted by atomic mass is 10.1. The van der Waals surface area contributed by atoms with E-state index in [1.54, 1.807) is 0 Å². The minimum atomic E-state index is 0.215. The molecule has 1 fully saturated rings. The zero-order chi connectivity index (χ0) is 9.97. The summed E-state index contributed by atoms with van der Waals surface area (Å²) in [4.78, 5) is 3.97. The van der Waals surface area contributed by atoms with Crippen LogP contribution >= 0.6 is 0 Å². The average molecular weight is 197 g/mol. The Bertz CT molecular complexity index is 294. The van der Waals surface area contributed by atoms with Crippen molar-refractivity contribution in [3.8, 4) is 0 Å². The summed E-state index contributed by atoms with van der Waals surface area (Å²) in [6, 6.07) is 0.215. The standard InChI is InChI=1S/C8H15N5O/c1-5(6-3-2-4-14-6)10-8-11-7(9)12-13-8/h5-6H,2-4H2,1H3,(H4,9,10,11,12,13). The Morgan fingerprint density at radius 2 is 2.57 bits per heavy atom. The van der Waals surface area contributed by atoms with E-state index in [0.717, 1.165) is 19.4 Å². The van der Waals surface area contributed by atoms with Crippen molar-refractivity contribution in [3.05, 3.63) is 0 Å². The highest BCUT2D eigenvalue weighted by Crippen LogP contribution is 2.17. The van der Waals surface area contributed by atoms with Crippen LogP contribution in [0.5, 0.6) is 0 Å². The molecule has 4 N–H and O–H groups in total. The minimum Gasteiger partial charge on any atom is -0.376 e. The number of anilines is 2. The van der Waals surface area contributed by atoms with Crippen molar-refractivity contribution in [2.24, 2.45) is 0 Å². The molecule has 2 heterocycles. The molecular weight excluding hydrogens is 182 g/mol. The molecule has 0 aromatic carbocycles. The van der Waals surface area contributed by atoms with Gasteiger partial charge in [-0.2, -0.15) is 4.98 Å². The molecule has 0 saturated carbocycles. The summed E-state index contributed by atoms with van der Waals surface area (Å²) in [5.74, 6) is 0.859. The fourth-order valence-corrected chi connectivity index (χ4v) is 1.63. The highest BCUT2D eigenvalue weighted by Gasteiger charge is 2.22. The Morgan fingerprint density at radius 1 is 1.71 bits per heavy atom. The van der Waals surface area contributed by atoms with Crippen LogP contribution in [0.25, 0.3) is 0 Å². The van der Waals surface area contributed by atoms with E-state index in [-0.39, 0.29) is 12.1 Å². The smallest absolute Gasteiger partial charge is 0.243 e. The van der Waals surface area contributed by atoms with Gasteiger partial charge in [0.25, 0.3) is 0 Å². The molecule has 1 saturated heterocycles. The number of hydrogen-bond donors (Lipinski definition) is 3. The summed E-state index contributed by atoms with van der Waals surface area (Å²) in [6.45, 7) is 2.91. The van der Waals surface area contributed by atoms with E-state index >= 15 is 0 Å². The monoisotopic (exact) mass is 197 g/mol. The Kier molecular flexibility index (Phi) is 2.53. The first-order chi connectivity index (χ1) is 6.75. The maximum Gasteiger partial charge on any atom is 0.243 e. The number of rotatable bonds is 3. The van der Waals surface area contributed by atoms with Crippen molar-refractivity contribution < 1.29 is 4.74 Å². The first-order valence-corrected chi connectivity index (χ1v) is 4.82. The predicted octanol–water partition coefficient (Wildman–Crippen LogP) is 0.366. The van der Waals surface area contributed by atoms with Gasteiger partial charge in [-0.3, -0.25) is 0 Å². The normalized spacial score (nSPS) is 23.6. The number of ether oxygens (including phenoxy) is 1. The number of nitrogens with zero attached hydrogens (tertiary/aromatic N) is 2. The van der Waals surface area contributed by atoms with Gasteiger partial charge < -0.3 is 15.8 Å². The lowest BCUT2D eigenvalue weighted by Gasteiger charge is -2.18. The highest BCUT2D eigenvalue weighted by atomic mass is 16.5. The molecule has 6 nitrogen and oxygen atoms in total. The molecule has 1 aliphatic rings. The van der Waals surface area contributed by atoms with Crippen molar-refractivity contribution in [3.63, 3.8) is 0 Å². The van der Waals surface area contributed by atoms with E-state index in [2.05, 4.69) is 27.4 Å². The van der Waals surface area contributed by atoms with Crippen molar-refractivity contribution in [2.45, 2.75) is 31.9 Å². The van der Waals surface area contributed by atoms with Gasteiger partial charge in [0.15, 0.2) is 0 Å². The zero-order valence-electron chi connectivity index (χ0n) is 8.16. The van der Waals surface area contributed by atoms with Crippen molar-refractivity contribution >= 4 is 11.9 Å². The number of nitrogens with one attached hydrogen (secondary N) is 2. The summed E-state index contributed by atoms with van der Waals surface area (Å²) in [7, 11) is 0. The van der Waals surface area contributed by atoms with Crippen LogP contribution in [0.15, 0.2) is 0 Å². The van der Waals surface area contributed by atoms with Gasteiger partial charge in [0.1, 0.15) is 0 Å². The van der Waals surface area contributed by atoms with Gasteiger partial charge in [-0.15, -0.1) is 5.10 Å². The second-order valence-corrected chi connectivity index (χ2v) is 3.53. The van der Waals surface area contributed by atoms with Crippen LogP contribution in [-0.2, 0) is 4.74 Å². The largest absolute Gasteiger partial charge is 0.376 e. The van der Waals surface area contributed by atoms with Gasteiger partial charge in [-0.05, 0) is 19.8 Å². The predicted molar refractivity (Wildman–Crippen MR) is 52.9 cm³/mol. The Hall–Kier alpha value is -1.30. The summed E-state index contributed by atoms with van der Waals surface area (Å²) >= 11 is 0. The van der Waals surface area contributed by atoms with E-state index in [0.29, 0.717) is 11.9 Å². The molecule has 0 amide bonds. The maximum atomic E-state index is 5.53. The Labute approximate surface area is 82.2 Å². The summed E-state index contributed by atoms with van der Waals surface area (Å²) < 4.78 is 5.53. The van der Waals surface area contributed by atoms with Gasteiger partial charge in [-0.1, -0.05) is 0 Å².